The van der Waals surface area contributed by atoms with E-state index in [0.29, 0.717) is 12.1 Å². The van der Waals surface area contributed by atoms with Gasteiger partial charge in [-0.3, -0.25) is 0 Å². The molecule has 0 spiro atoms. The maximum absolute atomic E-state index is 12.2. The molecule has 0 aliphatic carbocycles. The van der Waals surface area contributed by atoms with Crippen LogP contribution in [0, 0.1) is 3.57 Å². The summed E-state index contributed by atoms with van der Waals surface area (Å²) < 4.78 is 72.6. The lowest BCUT2D eigenvalue weighted by atomic mass is 10.1. The van der Waals surface area contributed by atoms with Crippen molar-refractivity contribution in [2.24, 2.45) is 0 Å². The molecule has 0 heterocycles. The van der Waals surface area contributed by atoms with Crippen molar-refractivity contribution < 1.29 is 26.3 Å². The number of rotatable bonds is 0. The van der Waals surface area contributed by atoms with E-state index in [2.05, 4.69) is 0 Å². The van der Waals surface area contributed by atoms with E-state index in [1.807, 2.05) is 0 Å². The van der Waals surface area contributed by atoms with E-state index in [0.717, 1.165) is 28.7 Å². The maximum atomic E-state index is 12.2. The zero-order chi connectivity index (χ0) is 11.9. The molecule has 0 amide bonds. The highest BCUT2D eigenvalue weighted by Gasteiger charge is 2.39. The van der Waals surface area contributed by atoms with Crippen molar-refractivity contribution in [2.75, 3.05) is 0 Å². The monoisotopic (exact) mass is 340 g/mol. The maximum Gasteiger partial charge on any atom is 0.417 e. The minimum absolute atomic E-state index is 0.622. The zero-order valence-electron chi connectivity index (χ0n) is 6.88. The van der Waals surface area contributed by atoms with Gasteiger partial charge in [0.1, 0.15) is 0 Å². The summed E-state index contributed by atoms with van der Waals surface area (Å²) in [5.41, 5.74) is -2.53. The van der Waals surface area contributed by atoms with Crippen LogP contribution in [0.5, 0.6) is 0 Å². The number of hydrogen-bond acceptors (Lipinski definition) is 0. The summed E-state index contributed by atoms with van der Waals surface area (Å²) in [5, 5.41) is 0. The molecule has 0 aliphatic rings. The molecular formula is C8H3F6I. The van der Waals surface area contributed by atoms with Gasteiger partial charge >= 0.3 is 12.4 Å². The largest absolute Gasteiger partial charge is 0.417 e. The summed E-state index contributed by atoms with van der Waals surface area (Å²) in [6.07, 6.45) is -9.53. The topological polar surface area (TPSA) is 0 Å². The third-order valence-electron chi connectivity index (χ3n) is 1.61. The molecule has 84 valence electrons. The fourth-order valence-electron chi connectivity index (χ4n) is 0.970. The minimum Gasteiger partial charge on any atom is -0.166 e. The Labute approximate surface area is 94.4 Å². The Morgan fingerprint density at radius 1 is 0.800 bits per heavy atom. The average Bonchev–Trinajstić information content (AvgIpc) is 1.99. The van der Waals surface area contributed by atoms with Crippen LogP contribution in [0.2, 0.25) is 0 Å². The first-order valence-electron chi connectivity index (χ1n) is 3.57. The van der Waals surface area contributed by atoms with Gasteiger partial charge in [0.05, 0.1) is 11.1 Å². The highest BCUT2D eigenvalue weighted by molar-refractivity contribution is 14.1. The Kier molecular flexibility index (Phi) is 3.22. The van der Waals surface area contributed by atoms with E-state index >= 15 is 0 Å². The van der Waals surface area contributed by atoms with Crippen molar-refractivity contribution in [1.29, 1.82) is 0 Å². The van der Waals surface area contributed by atoms with Crippen molar-refractivity contribution in [1.82, 2.24) is 0 Å². The van der Waals surface area contributed by atoms with Gasteiger partial charge in [-0.25, -0.2) is 0 Å². The highest BCUT2D eigenvalue weighted by Crippen LogP contribution is 2.39. The minimum atomic E-state index is -4.77. The van der Waals surface area contributed by atoms with Gasteiger partial charge in [0, 0.05) is 3.57 Å². The Bertz CT molecular complexity index is 332. The summed E-state index contributed by atoms with van der Waals surface area (Å²) >= 11 is 1.05. The van der Waals surface area contributed by atoms with Gasteiger partial charge in [-0.2, -0.15) is 26.3 Å². The van der Waals surface area contributed by atoms with Crippen molar-refractivity contribution in [2.45, 2.75) is 12.4 Å². The van der Waals surface area contributed by atoms with Gasteiger partial charge in [-0.15, -0.1) is 0 Å². The predicted octanol–water partition coefficient (Wildman–Crippen LogP) is 4.33. The average molecular weight is 340 g/mol. The van der Waals surface area contributed by atoms with Crippen molar-refractivity contribution in [3.8, 4) is 0 Å². The van der Waals surface area contributed by atoms with Gasteiger partial charge in [-0.05, 0) is 34.7 Å². The smallest absolute Gasteiger partial charge is 0.166 e. The van der Waals surface area contributed by atoms with Gasteiger partial charge < -0.3 is 0 Å². The first-order valence-corrected chi connectivity index (χ1v) is 4.65. The lowest BCUT2D eigenvalue weighted by molar-refractivity contribution is -0.144. The van der Waals surface area contributed by atoms with E-state index in [-0.39, 0.29) is 0 Å². The van der Waals surface area contributed by atoms with E-state index < -0.39 is 27.0 Å². The first-order chi connectivity index (χ1) is 6.64. The van der Waals surface area contributed by atoms with Crippen LogP contribution in [0.1, 0.15) is 11.1 Å². The Morgan fingerprint density at radius 3 is 1.40 bits per heavy atom. The highest BCUT2D eigenvalue weighted by atomic mass is 127. The molecule has 0 aromatic heterocycles. The third-order valence-corrected chi connectivity index (χ3v) is 2.77. The van der Waals surface area contributed by atoms with Gasteiger partial charge in [0.15, 0.2) is 0 Å². The number of alkyl halides is 6. The first kappa shape index (κ1) is 12.6. The quantitative estimate of drug-likeness (QED) is 0.487. The van der Waals surface area contributed by atoms with E-state index in [9.17, 15) is 26.3 Å². The molecule has 7 heteroatoms. The van der Waals surface area contributed by atoms with Crippen LogP contribution in [0.4, 0.5) is 26.3 Å². The molecule has 1 rings (SSSR count). The molecule has 1 aromatic rings. The molecule has 1 aromatic carbocycles. The van der Waals surface area contributed by atoms with Crippen molar-refractivity contribution >= 4 is 22.6 Å². The molecule has 0 nitrogen and oxygen atoms in total. The Hall–Kier alpha value is -0.470. The Balaban J connectivity index is 3.37. The lowest BCUT2D eigenvalue weighted by Crippen LogP contribution is -2.14. The van der Waals surface area contributed by atoms with Crippen LogP contribution in [0.25, 0.3) is 0 Å². The van der Waals surface area contributed by atoms with Crippen LogP contribution in [0.15, 0.2) is 18.2 Å². The predicted molar refractivity (Wildman–Crippen MR) is 49.2 cm³/mol. The van der Waals surface area contributed by atoms with Crippen LogP contribution in [0.3, 0.4) is 0 Å². The van der Waals surface area contributed by atoms with Gasteiger partial charge in [0.2, 0.25) is 0 Å². The van der Waals surface area contributed by atoms with E-state index in [1.54, 1.807) is 0 Å². The molecule has 0 atom stereocenters. The molecule has 0 N–H and O–H groups in total. The third kappa shape index (κ3) is 2.76. The second kappa shape index (κ2) is 3.84. The van der Waals surface area contributed by atoms with Crippen LogP contribution < -0.4 is 0 Å². The van der Waals surface area contributed by atoms with Crippen LogP contribution >= 0.6 is 22.6 Å². The molecule has 0 bridgehead atoms. The van der Waals surface area contributed by atoms with E-state index in [4.69, 9.17) is 0 Å². The summed E-state index contributed by atoms with van der Waals surface area (Å²) in [4.78, 5) is 0. The molecule has 0 unspecified atom stereocenters. The summed E-state index contributed by atoms with van der Waals surface area (Å²) in [6, 6.07) is 1.99. The Morgan fingerprint density at radius 2 is 1.13 bits per heavy atom. The molecule has 0 fully saturated rings. The summed E-state index contributed by atoms with van der Waals surface area (Å²) in [7, 11) is 0. The van der Waals surface area contributed by atoms with Gasteiger partial charge in [0.25, 0.3) is 0 Å². The van der Waals surface area contributed by atoms with Gasteiger partial charge in [-0.1, -0.05) is 6.07 Å². The number of hydrogen-bond donors (Lipinski definition) is 0. The van der Waals surface area contributed by atoms with Crippen LogP contribution in [-0.4, -0.2) is 0 Å². The zero-order valence-corrected chi connectivity index (χ0v) is 9.04. The van der Waals surface area contributed by atoms with Crippen molar-refractivity contribution in [3.63, 3.8) is 0 Å². The second-order valence-corrected chi connectivity index (χ2v) is 3.74. The molecular weight excluding hydrogens is 337 g/mol. The number of halogens is 7. The molecule has 15 heavy (non-hydrogen) atoms. The van der Waals surface area contributed by atoms with Crippen LogP contribution in [-0.2, 0) is 12.4 Å². The summed E-state index contributed by atoms with van der Waals surface area (Å²) in [5.74, 6) is 0. The SMILES string of the molecule is FC(F)(F)c1cccc(C(F)(F)F)c1I. The summed E-state index contributed by atoms with van der Waals surface area (Å²) in [6.45, 7) is 0. The molecule has 0 saturated heterocycles. The second-order valence-electron chi connectivity index (χ2n) is 2.66. The van der Waals surface area contributed by atoms with Crippen molar-refractivity contribution in [3.05, 3.63) is 32.9 Å². The lowest BCUT2D eigenvalue weighted by Gasteiger charge is -2.14. The fourth-order valence-corrected chi connectivity index (χ4v) is 1.94. The fraction of sp³-hybridized carbons (Fsp3) is 0.250. The molecule has 0 aliphatic heterocycles. The standard InChI is InChI=1S/C8H3F6I/c9-7(10,11)4-2-1-3-5(6(4)15)8(12,13)14/h1-3H. The molecule has 0 saturated carbocycles. The molecule has 0 radical (unpaired) electrons. The van der Waals surface area contributed by atoms with E-state index in [1.165, 1.54) is 0 Å². The number of benzene rings is 1. The normalized spacial score (nSPS) is 13.0.